The van der Waals surface area contributed by atoms with Gasteiger partial charge in [-0.05, 0) is 36.8 Å². The van der Waals surface area contributed by atoms with Crippen molar-refractivity contribution in [1.82, 2.24) is 10.2 Å². The highest BCUT2D eigenvalue weighted by Crippen LogP contribution is 2.22. The molecule has 0 saturated heterocycles. The molecule has 0 aliphatic heterocycles. The summed E-state index contributed by atoms with van der Waals surface area (Å²) in [5.41, 5.74) is 7.13. The number of unbranched alkanes of at least 4 members (excludes halogenated alkanes) is 2. The fourth-order valence-electron chi connectivity index (χ4n) is 2.84. The zero-order chi connectivity index (χ0) is 21.6. The van der Waals surface area contributed by atoms with Crippen LogP contribution in [-0.4, -0.2) is 42.2 Å². The fraction of sp³-hybridized carbons (Fsp3) is 0.545. The van der Waals surface area contributed by atoms with E-state index in [0.29, 0.717) is 24.6 Å². The number of ether oxygens (including phenoxy) is 1. The number of allylic oxidation sites excluding steroid dienone is 2. The van der Waals surface area contributed by atoms with Crippen LogP contribution in [0.1, 0.15) is 50.7 Å². The molecule has 0 saturated carbocycles. The topological polar surface area (TPSA) is 105 Å². The minimum absolute atomic E-state index is 0.0286. The first-order chi connectivity index (χ1) is 13.9. The zero-order valence-corrected chi connectivity index (χ0v) is 17.8. The smallest absolute Gasteiger partial charge is 0.407 e. The minimum atomic E-state index is -1.02. The molecule has 0 atom stereocenters. The van der Waals surface area contributed by atoms with Crippen LogP contribution in [0.15, 0.2) is 30.4 Å². The van der Waals surface area contributed by atoms with Gasteiger partial charge in [-0.1, -0.05) is 38.1 Å². The molecule has 2 amide bonds. The standard InChI is InChI=1S/C22H35N3O4/c1-17(2)8-6-4-5-7-9-21(26)24-15-18-10-11-19(20(14-18)29-3)16-25(13-12-23)22(27)28/h6,8,10-11,14,17H,4-5,7,9,12-13,15-16,23H2,1-3H3,(H,24,26)(H,27,28)/b8-6+. The van der Waals surface area contributed by atoms with E-state index >= 15 is 0 Å². The Hall–Kier alpha value is -2.54. The second kappa shape index (κ2) is 13.6. The van der Waals surface area contributed by atoms with Gasteiger partial charge < -0.3 is 25.8 Å². The molecule has 0 fully saturated rings. The van der Waals surface area contributed by atoms with Crippen LogP contribution < -0.4 is 15.8 Å². The summed E-state index contributed by atoms with van der Waals surface area (Å²) in [4.78, 5) is 24.6. The first kappa shape index (κ1) is 24.5. The Morgan fingerprint density at radius 2 is 2.07 bits per heavy atom. The van der Waals surface area contributed by atoms with Crippen molar-refractivity contribution in [1.29, 1.82) is 0 Å². The van der Waals surface area contributed by atoms with Crippen LogP contribution in [0.3, 0.4) is 0 Å². The molecule has 29 heavy (non-hydrogen) atoms. The zero-order valence-electron chi connectivity index (χ0n) is 17.8. The number of carbonyl (C=O) groups is 2. The average Bonchev–Trinajstić information content (AvgIpc) is 2.68. The van der Waals surface area contributed by atoms with E-state index in [1.165, 1.54) is 4.90 Å². The number of nitrogens with zero attached hydrogens (tertiary/aromatic N) is 1. The summed E-state index contributed by atoms with van der Waals surface area (Å²) in [7, 11) is 1.54. The molecule has 0 spiro atoms. The summed E-state index contributed by atoms with van der Waals surface area (Å²) in [5, 5.41) is 12.2. The molecule has 0 aliphatic carbocycles. The van der Waals surface area contributed by atoms with E-state index in [2.05, 4.69) is 31.3 Å². The quantitative estimate of drug-likeness (QED) is 0.344. The molecule has 0 unspecified atom stereocenters. The van der Waals surface area contributed by atoms with Crippen molar-refractivity contribution < 1.29 is 19.4 Å². The van der Waals surface area contributed by atoms with Crippen molar-refractivity contribution in [3.63, 3.8) is 0 Å². The Morgan fingerprint density at radius 1 is 1.31 bits per heavy atom. The summed E-state index contributed by atoms with van der Waals surface area (Å²) in [6.45, 7) is 5.42. The molecule has 1 rings (SSSR count). The molecule has 1 aromatic carbocycles. The van der Waals surface area contributed by atoms with E-state index in [-0.39, 0.29) is 25.5 Å². The minimum Gasteiger partial charge on any atom is -0.496 e. The summed E-state index contributed by atoms with van der Waals surface area (Å²) in [6.07, 6.45) is 6.72. The Labute approximate surface area is 173 Å². The van der Waals surface area contributed by atoms with E-state index in [9.17, 15) is 14.7 Å². The predicted molar refractivity (Wildman–Crippen MR) is 115 cm³/mol. The van der Waals surface area contributed by atoms with Crippen LogP contribution in [0.2, 0.25) is 0 Å². The second-order valence-corrected chi connectivity index (χ2v) is 7.33. The van der Waals surface area contributed by atoms with Crippen molar-refractivity contribution >= 4 is 12.0 Å². The number of amides is 2. The third-order valence-corrected chi connectivity index (χ3v) is 4.42. The van der Waals surface area contributed by atoms with Gasteiger partial charge in [-0.25, -0.2) is 4.79 Å². The number of hydrogen-bond donors (Lipinski definition) is 3. The number of nitrogens with one attached hydrogen (secondary N) is 1. The lowest BCUT2D eigenvalue weighted by molar-refractivity contribution is -0.121. The highest BCUT2D eigenvalue weighted by molar-refractivity contribution is 5.75. The maximum atomic E-state index is 12.0. The third-order valence-electron chi connectivity index (χ3n) is 4.42. The van der Waals surface area contributed by atoms with Crippen LogP contribution in [-0.2, 0) is 17.9 Å². The second-order valence-electron chi connectivity index (χ2n) is 7.33. The van der Waals surface area contributed by atoms with Gasteiger partial charge in [0.1, 0.15) is 5.75 Å². The van der Waals surface area contributed by atoms with Gasteiger partial charge in [-0.2, -0.15) is 0 Å². The van der Waals surface area contributed by atoms with Gasteiger partial charge in [-0.15, -0.1) is 0 Å². The molecule has 0 bridgehead atoms. The maximum Gasteiger partial charge on any atom is 0.407 e. The van der Waals surface area contributed by atoms with Crippen LogP contribution in [0.25, 0.3) is 0 Å². The van der Waals surface area contributed by atoms with Crippen molar-refractivity contribution in [2.24, 2.45) is 11.7 Å². The van der Waals surface area contributed by atoms with Gasteiger partial charge in [0.15, 0.2) is 0 Å². The number of benzene rings is 1. The number of hydrogen-bond acceptors (Lipinski definition) is 4. The Bertz CT molecular complexity index is 674. The first-order valence-electron chi connectivity index (χ1n) is 10.1. The molecule has 0 heterocycles. The summed E-state index contributed by atoms with van der Waals surface area (Å²) >= 11 is 0. The normalized spacial score (nSPS) is 11.1. The highest BCUT2D eigenvalue weighted by atomic mass is 16.5. The Kier molecular flexibility index (Phi) is 11.5. The molecule has 0 aliphatic rings. The number of carboxylic acid groups (broad SMARTS) is 1. The average molecular weight is 406 g/mol. The first-order valence-corrected chi connectivity index (χ1v) is 10.1. The predicted octanol–water partition coefficient (Wildman–Crippen LogP) is 3.52. The SMILES string of the molecule is COc1cc(CNC(=O)CCCC/C=C/C(C)C)ccc1CN(CCN)C(=O)O. The van der Waals surface area contributed by atoms with Crippen LogP contribution >= 0.6 is 0 Å². The fourth-order valence-corrected chi connectivity index (χ4v) is 2.84. The number of rotatable bonds is 13. The number of methoxy groups -OCH3 is 1. The van der Waals surface area contributed by atoms with Gasteiger partial charge in [0.05, 0.1) is 13.7 Å². The Balaban J connectivity index is 2.50. The largest absolute Gasteiger partial charge is 0.496 e. The van der Waals surface area contributed by atoms with Gasteiger partial charge >= 0.3 is 6.09 Å². The van der Waals surface area contributed by atoms with E-state index in [1.54, 1.807) is 7.11 Å². The van der Waals surface area contributed by atoms with Crippen molar-refractivity contribution in [3.8, 4) is 5.75 Å². The van der Waals surface area contributed by atoms with E-state index in [1.807, 2.05) is 18.2 Å². The van der Waals surface area contributed by atoms with Crippen LogP contribution in [0, 0.1) is 5.92 Å². The molecule has 7 heteroatoms. The van der Waals surface area contributed by atoms with E-state index < -0.39 is 6.09 Å². The van der Waals surface area contributed by atoms with E-state index in [4.69, 9.17) is 10.5 Å². The van der Waals surface area contributed by atoms with Gasteiger partial charge in [0, 0.05) is 31.6 Å². The molecule has 162 valence electrons. The van der Waals surface area contributed by atoms with Crippen molar-refractivity contribution in [2.75, 3.05) is 20.2 Å². The number of carbonyl (C=O) groups excluding carboxylic acids is 1. The molecule has 1 aromatic rings. The lowest BCUT2D eigenvalue weighted by Crippen LogP contribution is -2.33. The third kappa shape index (κ3) is 9.99. The van der Waals surface area contributed by atoms with Crippen LogP contribution in [0.5, 0.6) is 5.75 Å². The molecular formula is C22H35N3O4. The lowest BCUT2D eigenvalue weighted by Gasteiger charge is -2.20. The maximum absolute atomic E-state index is 12.0. The summed E-state index contributed by atoms with van der Waals surface area (Å²) < 4.78 is 5.40. The molecule has 0 aromatic heterocycles. The summed E-state index contributed by atoms with van der Waals surface area (Å²) in [5.74, 6) is 1.19. The lowest BCUT2D eigenvalue weighted by atomic mass is 10.1. The Morgan fingerprint density at radius 3 is 2.69 bits per heavy atom. The molecule has 0 radical (unpaired) electrons. The van der Waals surface area contributed by atoms with Crippen molar-refractivity contribution in [3.05, 3.63) is 41.5 Å². The summed E-state index contributed by atoms with van der Waals surface area (Å²) in [6, 6.07) is 5.53. The molecule has 4 N–H and O–H groups in total. The monoisotopic (exact) mass is 405 g/mol. The van der Waals surface area contributed by atoms with Crippen molar-refractivity contribution in [2.45, 2.75) is 52.6 Å². The van der Waals surface area contributed by atoms with Gasteiger partial charge in [-0.3, -0.25) is 4.79 Å². The van der Waals surface area contributed by atoms with E-state index in [0.717, 1.165) is 30.4 Å². The molecule has 7 nitrogen and oxygen atoms in total. The highest BCUT2D eigenvalue weighted by Gasteiger charge is 2.14. The number of nitrogens with two attached hydrogens (primary N) is 1. The van der Waals surface area contributed by atoms with Gasteiger partial charge in [0.2, 0.25) is 5.91 Å². The molecular weight excluding hydrogens is 370 g/mol. The van der Waals surface area contributed by atoms with Crippen LogP contribution in [0.4, 0.5) is 4.79 Å². The van der Waals surface area contributed by atoms with Gasteiger partial charge in [0.25, 0.3) is 0 Å².